The van der Waals surface area contributed by atoms with Crippen molar-refractivity contribution in [2.45, 2.75) is 0 Å². The lowest BCUT2D eigenvalue weighted by molar-refractivity contribution is 0.102. The molecule has 0 unspecified atom stereocenters. The Morgan fingerprint density at radius 3 is 2.82 bits per heavy atom. The Hall–Kier alpha value is -2.47. The van der Waals surface area contributed by atoms with E-state index >= 15 is 0 Å². The molecule has 22 heavy (non-hydrogen) atoms. The fourth-order valence-corrected chi connectivity index (χ4v) is 2.32. The third-order valence-corrected chi connectivity index (χ3v) is 3.43. The average molecular weight is 301 g/mol. The Labute approximate surface area is 127 Å². The van der Waals surface area contributed by atoms with E-state index in [1.54, 1.807) is 24.4 Å². The maximum absolute atomic E-state index is 13.1. The quantitative estimate of drug-likeness (QED) is 0.945. The van der Waals surface area contributed by atoms with Crippen molar-refractivity contribution in [1.29, 1.82) is 0 Å². The van der Waals surface area contributed by atoms with Gasteiger partial charge >= 0.3 is 0 Å². The molecular weight excluding hydrogens is 285 g/mol. The SMILES string of the molecule is O=C(Nc1cccc(F)c1)c1cc(N2CCOCC2)ccn1. The summed E-state index contributed by atoms with van der Waals surface area (Å²) in [6.45, 7) is 2.92. The number of halogens is 1. The lowest BCUT2D eigenvalue weighted by atomic mass is 10.2. The van der Waals surface area contributed by atoms with Gasteiger partial charge in [-0.2, -0.15) is 0 Å². The molecule has 1 aliphatic rings. The zero-order valence-corrected chi connectivity index (χ0v) is 12.0. The zero-order valence-electron chi connectivity index (χ0n) is 12.0. The van der Waals surface area contributed by atoms with Gasteiger partial charge in [0.25, 0.3) is 5.91 Å². The average Bonchev–Trinajstić information content (AvgIpc) is 2.56. The predicted molar refractivity (Wildman–Crippen MR) is 81.6 cm³/mol. The van der Waals surface area contributed by atoms with Crippen LogP contribution in [0.1, 0.15) is 10.5 Å². The second kappa shape index (κ2) is 6.53. The van der Waals surface area contributed by atoms with Gasteiger partial charge in [0.05, 0.1) is 13.2 Å². The highest BCUT2D eigenvalue weighted by Gasteiger charge is 2.14. The van der Waals surface area contributed by atoms with E-state index in [1.165, 1.54) is 12.1 Å². The minimum atomic E-state index is -0.396. The fraction of sp³-hybridized carbons (Fsp3) is 0.250. The minimum absolute atomic E-state index is 0.299. The van der Waals surface area contributed by atoms with Crippen LogP contribution in [-0.2, 0) is 4.74 Å². The van der Waals surface area contributed by atoms with Gasteiger partial charge in [-0.3, -0.25) is 9.78 Å². The van der Waals surface area contributed by atoms with Crippen molar-refractivity contribution in [2.75, 3.05) is 36.5 Å². The maximum Gasteiger partial charge on any atom is 0.274 e. The molecule has 0 aliphatic carbocycles. The van der Waals surface area contributed by atoms with Crippen molar-refractivity contribution in [3.63, 3.8) is 0 Å². The molecule has 1 aliphatic heterocycles. The Kier molecular flexibility index (Phi) is 4.29. The standard InChI is InChI=1S/C16H16FN3O2/c17-12-2-1-3-13(10-12)19-16(21)15-11-14(4-5-18-15)20-6-8-22-9-7-20/h1-5,10-11H,6-9H2,(H,19,21). The number of ether oxygens (including phenoxy) is 1. The number of rotatable bonds is 3. The Morgan fingerprint density at radius 1 is 1.23 bits per heavy atom. The largest absolute Gasteiger partial charge is 0.378 e. The summed E-state index contributed by atoms with van der Waals surface area (Å²) in [5.41, 5.74) is 1.64. The third kappa shape index (κ3) is 3.40. The molecular formula is C16H16FN3O2. The molecule has 6 heteroatoms. The number of pyridine rings is 1. The summed E-state index contributed by atoms with van der Waals surface area (Å²) < 4.78 is 18.5. The monoisotopic (exact) mass is 301 g/mol. The normalized spacial score (nSPS) is 14.7. The summed E-state index contributed by atoms with van der Waals surface area (Å²) in [6.07, 6.45) is 1.60. The van der Waals surface area contributed by atoms with Crippen LogP contribution >= 0.6 is 0 Å². The number of morpholine rings is 1. The summed E-state index contributed by atoms with van der Waals surface area (Å²) in [5.74, 6) is -0.756. The molecule has 1 fully saturated rings. The van der Waals surface area contributed by atoms with Crippen LogP contribution in [0.2, 0.25) is 0 Å². The molecule has 1 aromatic heterocycles. The molecule has 1 N–H and O–H groups in total. The second-order valence-corrected chi connectivity index (χ2v) is 4.96. The van der Waals surface area contributed by atoms with Gasteiger partial charge in [0.1, 0.15) is 11.5 Å². The lowest BCUT2D eigenvalue weighted by Gasteiger charge is -2.28. The van der Waals surface area contributed by atoms with E-state index in [2.05, 4.69) is 15.2 Å². The number of amides is 1. The van der Waals surface area contributed by atoms with Crippen molar-refractivity contribution in [1.82, 2.24) is 4.98 Å². The highest BCUT2D eigenvalue weighted by molar-refractivity contribution is 6.03. The van der Waals surface area contributed by atoms with E-state index in [4.69, 9.17) is 4.74 Å². The van der Waals surface area contributed by atoms with Crippen molar-refractivity contribution in [2.24, 2.45) is 0 Å². The summed E-state index contributed by atoms with van der Waals surface area (Å²) >= 11 is 0. The zero-order chi connectivity index (χ0) is 15.4. The molecule has 114 valence electrons. The van der Waals surface area contributed by atoms with Gasteiger partial charge in [-0.15, -0.1) is 0 Å². The number of hydrogen-bond donors (Lipinski definition) is 1. The van der Waals surface area contributed by atoms with E-state index < -0.39 is 5.82 Å². The van der Waals surface area contributed by atoms with E-state index in [1.807, 2.05) is 6.07 Å². The molecule has 1 saturated heterocycles. The summed E-state index contributed by atoms with van der Waals surface area (Å²) in [6, 6.07) is 9.37. The molecule has 1 aromatic carbocycles. The first-order valence-electron chi connectivity index (χ1n) is 7.08. The molecule has 0 bridgehead atoms. The number of benzene rings is 1. The summed E-state index contributed by atoms with van der Waals surface area (Å²) in [5, 5.41) is 2.64. The first-order chi connectivity index (χ1) is 10.7. The molecule has 0 radical (unpaired) electrons. The molecule has 2 aromatic rings. The van der Waals surface area contributed by atoms with Crippen LogP contribution < -0.4 is 10.2 Å². The highest BCUT2D eigenvalue weighted by atomic mass is 19.1. The summed E-state index contributed by atoms with van der Waals surface area (Å²) in [7, 11) is 0. The molecule has 0 atom stereocenters. The van der Waals surface area contributed by atoms with E-state index in [9.17, 15) is 9.18 Å². The van der Waals surface area contributed by atoms with Crippen molar-refractivity contribution >= 4 is 17.3 Å². The van der Waals surface area contributed by atoms with E-state index in [0.29, 0.717) is 24.6 Å². The number of nitrogens with zero attached hydrogens (tertiary/aromatic N) is 2. The van der Waals surface area contributed by atoms with Crippen LogP contribution in [0.5, 0.6) is 0 Å². The number of aromatic nitrogens is 1. The minimum Gasteiger partial charge on any atom is -0.378 e. The van der Waals surface area contributed by atoms with Crippen molar-refractivity contribution in [3.8, 4) is 0 Å². The van der Waals surface area contributed by atoms with Gasteiger partial charge in [-0.05, 0) is 30.3 Å². The molecule has 2 heterocycles. The van der Waals surface area contributed by atoms with Gasteiger partial charge < -0.3 is 15.0 Å². The third-order valence-electron chi connectivity index (χ3n) is 3.43. The summed E-state index contributed by atoms with van der Waals surface area (Å²) in [4.78, 5) is 18.5. The maximum atomic E-state index is 13.1. The molecule has 1 amide bonds. The number of hydrogen-bond acceptors (Lipinski definition) is 4. The van der Waals surface area contributed by atoms with Gasteiger partial charge in [0, 0.05) is 30.7 Å². The van der Waals surface area contributed by atoms with Crippen LogP contribution in [0.4, 0.5) is 15.8 Å². The Morgan fingerprint density at radius 2 is 2.05 bits per heavy atom. The topological polar surface area (TPSA) is 54.5 Å². The highest BCUT2D eigenvalue weighted by Crippen LogP contribution is 2.17. The van der Waals surface area contributed by atoms with E-state index in [-0.39, 0.29) is 5.91 Å². The first kappa shape index (κ1) is 14.5. The first-order valence-corrected chi connectivity index (χ1v) is 7.08. The number of carbonyl (C=O) groups excluding carboxylic acids is 1. The Balaban J connectivity index is 1.75. The fourth-order valence-electron chi connectivity index (χ4n) is 2.32. The smallest absolute Gasteiger partial charge is 0.274 e. The van der Waals surface area contributed by atoms with Crippen LogP contribution in [0.25, 0.3) is 0 Å². The number of nitrogens with one attached hydrogen (secondary N) is 1. The number of anilines is 2. The van der Waals surface area contributed by atoms with Crippen molar-refractivity contribution in [3.05, 3.63) is 54.1 Å². The number of carbonyl (C=O) groups is 1. The van der Waals surface area contributed by atoms with Gasteiger partial charge in [0.2, 0.25) is 0 Å². The Bertz CT molecular complexity index is 672. The molecule has 0 saturated carbocycles. The van der Waals surface area contributed by atoms with Crippen LogP contribution in [-0.4, -0.2) is 37.2 Å². The van der Waals surface area contributed by atoms with Crippen molar-refractivity contribution < 1.29 is 13.9 Å². The molecule has 0 spiro atoms. The van der Waals surface area contributed by atoms with Gasteiger partial charge in [-0.1, -0.05) is 6.07 Å². The van der Waals surface area contributed by atoms with E-state index in [0.717, 1.165) is 18.8 Å². The van der Waals surface area contributed by atoms with Gasteiger partial charge in [-0.25, -0.2) is 4.39 Å². The van der Waals surface area contributed by atoms with Gasteiger partial charge in [0.15, 0.2) is 0 Å². The predicted octanol–water partition coefficient (Wildman–Crippen LogP) is 2.31. The molecule has 3 rings (SSSR count). The molecule has 5 nitrogen and oxygen atoms in total. The lowest BCUT2D eigenvalue weighted by Crippen LogP contribution is -2.36. The van der Waals surface area contributed by atoms with Crippen LogP contribution in [0, 0.1) is 5.82 Å². The second-order valence-electron chi connectivity index (χ2n) is 4.96. The van der Waals surface area contributed by atoms with Crippen LogP contribution in [0.15, 0.2) is 42.6 Å². The van der Waals surface area contributed by atoms with Crippen LogP contribution in [0.3, 0.4) is 0 Å².